The Morgan fingerprint density at radius 2 is 1.95 bits per heavy atom. The highest BCUT2D eigenvalue weighted by atomic mass is 35.5. The number of nitrogens with zero attached hydrogens (tertiary/aromatic N) is 1. The third-order valence-electron chi connectivity index (χ3n) is 4.13. The molecule has 1 saturated heterocycles. The van der Waals surface area contributed by atoms with Crippen molar-refractivity contribution in [3.63, 3.8) is 0 Å². The summed E-state index contributed by atoms with van der Waals surface area (Å²) in [7, 11) is 0. The lowest BCUT2D eigenvalue weighted by atomic mass is 9.98. The van der Waals surface area contributed by atoms with E-state index in [-0.39, 0.29) is 11.9 Å². The van der Waals surface area contributed by atoms with E-state index in [2.05, 4.69) is 17.1 Å². The third-order valence-corrected chi connectivity index (χ3v) is 4.38. The second-order valence-corrected chi connectivity index (χ2v) is 6.18. The van der Waals surface area contributed by atoms with Gasteiger partial charge in [-0.3, -0.25) is 9.69 Å². The Morgan fingerprint density at radius 3 is 2.55 bits per heavy atom. The molecule has 3 nitrogen and oxygen atoms in total. The summed E-state index contributed by atoms with van der Waals surface area (Å²) in [5, 5.41) is 3.72. The van der Waals surface area contributed by atoms with Crippen molar-refractivity contribution in [2.45, 2.75) is 39.3 Å². The van der Waals surface area contributed by atoms with Crippen molar-refractivity contribution in [3.8, 4) is 0 Å². The molecule has 4 heteroatoms. The molecule has 110 valence electrons. The average Bonchev–Trinajstić information content (AvgIpc) is 2.46. The number of amides is 1. The molecule has 0 saturated carbocycles. The zero-order chi connectivity index (χ0) is 14.5. The maximum absolute atomic E-state index is 12.2. The molecule has 20 heavy (non-hydrogen) atoms. The van der Waals surface area contributed by atoms with Crippen LogP contribution in [-0.4, -0.2) is 29.9 Å². The number of piperidine rings is 1. The number of carbonyl (C=O) groups excluding carboxylic acids is 1. The van der Waals surface area contributed by atoms with E-state index in [1.54, 1.807) is 0 Å². The standard InChI is InChI=1S/C16H23ClN2O/c1-12-7-9-19(10-8-12)13(2)16(20)18-11-14-3-5-15(17)6-4-14/h3-6,12-13H,7-11H2,1-2H3,(H,18,20). The lowest BCUT2D eigenvalue weighted by molar-refractivity contribution is -0.126. The highest BCUT2D eigenvalue weighted by molar-refractivity contribution is 6.30. The van der Waals surface area contributed by atoms with Crippen LogP contribution in [0.3, 0.4) is 0 Å². The summed E-state index contributed by atoms with van der Waals surface area (Å²) in [5.41, 5.74) is 1.07. The smallest absolute Gasteiger partial charge is 0.237 e. The maximum Gasteiger partial charge on any atom is 0.237 e. The number of likely N-dealkylation sites (tertiary alicyclic amines) is 1. The Balaban J connectivity index is 1.80. The predicted molar refractivity (Wildman–Crippen MR) is 82.7 cm³/mol. The Morgan fingerprint density at radius 1 is 1.35 bits per heavy atom. The second kappa shape index (κ2) is 7.09. The van der Waals surface area contributed by atoms with Crippen molar-refractivity contribution < 1.29 is 4.79 Å². The molecule has 0 spiro atoms. The van der Waals surface area contributed by atoms with Crippen LogP contribution >= 0.6 is 11.6 Å². The van der Waals surface area contributed by atoms with Gasteiger partial charge in [0.1, 0.15) is 0 Å². The van der Waals surface area contributed by atoms with Crippen LogP contribution in [0, 0.1) is 5.92 Å². The van der Waals surface area contributed by atoms with Crippen LogP contribution in [0.4, 0.5) is 0 Å². The van der Waals surface area contributed by atoms with Gasteiger partial charge in [-0.25, -0.2) is 0 Å². The summed E-state index contributed by atoms with van der Waals surface area (Å²) in [5.74, 6) is 0.894. The SMILES string of the molecule is CC1CCN(C(C)C(=O)NCc2ccc(Cl)cc2)CC1. The number of nitrogens with one attached hydrogen (secondary N) is 1. The van der Waals surface area contributed by atoms with Gasteiger partial charge in [0.2, 0.25) is 5.91 Å². The van der Waals surface area contributed by atoms with E-state index in [0.717, 1.165) is 29.6 Å². The molecular formula is C16H23ClN2O. The number of benzene rings is 1. The number of rotatable bonds is 4. The summed E-state index contributed by atoms with van der Waals surface area (Å²) < 4.78 is 0. The van der Waals surface area contributed by atoms with Crippen molar-refractivity contribution in [1.29, 1.82) is 0 Å². The van der Waals surface area contributed by atoms with Crippen LogP contribution < -0.4 is 5.32 Å². The van der Waals surface area contributed by atoms with E-state index in [9.17, 15) is 4.79 Å². The zero-order valence-corrected chi connectivity index (χ0v) is 13.0. The fourth-order valence-corrected chi connectivity index (χ4v) is 2.65. The minimum absolute atomic E-state index is 0.0465. The van der Waals surface area contributed by atoms with E-state index in [4.69, 9.17) is 11.6 Å². The summed E-state index contributed by atoms with van der Waals surface area (Å²) >= 11 is 5.84. The van der Waals surface area contributed by atoms with Gasteiger partial charge in [-0.15, -0.1) is 0 Å². The van der Waals surface area contributed by atoms with Gasteiger partial charge in [0.25, 0.3) is 0 Å². The molecule has 1 aliphatic rings. The molecule has 1 unspecified atom stereocenters. The molecule has 1 aromatic carbocycles. The number of carbonyl (C=O) groups is 1. The monoisotopic (exact) mass is 294 g/mol. The van der Waals surface area contributed by atoms with E-state index in [1.165, 1.54) is 12.8 Å². The Bertz CT molecular complexity index is 438. The largest absolute Gasteiger partial charge is 0.351 e. The molecule has 1 aromatic rings. The minimum atomic E-state index is -0.0465. The van der Waals surface area contributed by atoms with E-state index in [0.29, 0.717) is 6.54 Å². The van der Waals surface area contributed by atoms with E-state index < -0.39 is 0 Å². The first-order chi connectivity index (χ1) is 9.56. The summed E-state index contributed by atoms with van der Waals surface area (Å²) in [6.07, 6.45) is 2.38. The van der Waals surface area contributed by atoms with Gasteiger partial charge in [-0.1, -0.05) is 30.7 Å². The number of halogens is 1. The Kier molecular flexibility index (Phi) is 5.44. The van der Waals surface area contributed by atoms with Crippen molar-refractivity contribution in [2.75, 3.05) is 13.1 Å². The molecule has 1 heterocycles. The summed E-state index contributed by atoms with van der Waals surface area (Å²) in [6, 6.07) is 7.53. The molecular weight excluding hydrogens is 272 g/mol. The Hall–Kier alpha value is -1.06. The Labute approximate surface area is 126 Å². The van der Waals surface area contributed by atoms with Gasteiger partial charge in [-0.05, 0) is 56.5 Å². The molecule has 1 atom stereocenters. The van der Waals surface area contributed by atoms with Crippen molar-refractivity contribution >= 4 is 17.5 Å². The van der Waals surface area contributed by atoms with Crippen LogP contribution in [0.15, 0.2) is 24.3 Å². The highest BCUT2D eigenvalue weighted by Gasteiger charge is 2.24. The lowest BCUT2D eigenvalue weighted by Crippen LogP contribution is -2.47. The molecule has 2 rings (SSSR count). The van der Waals surface area contributed by atoms with Gasteiger partial charge in [0, 0.05) is 11.6 Å². The van der Waals surface area contributed by atoms with Gasteiger partial charge < -0.3 is 5.32 Å². The van der Waals surface area contributed by atoms with Crippen molar-refractivity contribution in [2.24, 2.45) is 5.92 Å². The number of hydrogen-bond acceptors (Lipinski definition) is 2. The zero-order valence-electron chi connectivity index (χ0n) is 12.2. The summed E-state index contributed by atoms with van der Waals surface area (Å²) in [6.45, 7) is 6.88. The molecule has 1 N–H and O–H groups in total. The van der Waals surface area contributed by atoms with Crippen LogP contribution in [0.25, 0.3) is 0 Å². The van der Waals surface area contributed by atoms with E-state index in [1.807, 2.05) is 31.2 Å². The fraction of sp³-hybridized carbons (Fsp3) is 0.562. The van der Waals surface area contributed by atoms with Crippen LogP contribution in [0.5, 0.6) is 0 Å². The first-order valence-electron chi connectivity index (χ1n) is 7.32. The molecule has 1 fully saturated rings. The van der Waals surface area contributed by atoms with Crippen molar-refractivity contribution in [3.05, 3.63) is 34.9 Å². The number of hydrogen-bond donors (Lipinski definition) is 1. The first-order valence-corrected chi connectivity index (χ1v) is 7.70. The lowest BCUT2D eigenvalue weighted by Gasteiger charge is -2.34. The third kappa shape index (κ3) is 4.22. The molecule has 0 radical (unpaired) electrons. The minimum Gasteiger partial charge on any atom is -0.351 e. The topological polar surface area (TPSA) is 32.3 Å². The molecule has 0 aromatic heterocycles. The van der Waals surface area contributed by atoms with E-state index >= 15 is 0 Å². The normalized spacial score (nSPS) is 18.8. The van der Waals surface area contributed by atoms with Crippen LogP contribution in [0.2, 0.25) is 5.02 Å². The molecule has 0 bridgehead atoms. The predicted octanol–water partition coefficient (Wildman–Crippen LogP) is 3.08. The molecule has 0 aliphatic carbocycles. The van der Waals surface area contributed by atoms with Gasteiger partial charge in [0.15, 0.2) is 0 Å². The van der Waals surface area contributed by atoms with Crippen LogP contribution in [0.1, 0.15) is 32.3 Å². The average molecular weight is 295 g/mol. The maximum atomic E-state index is 12.2. The molecule has 1 amide bonds. The van der Waals surface area contributed by atoms with Gasteiger partial charge in [0.05, 0.1) is 6.04 Å². The first kappa shape index (κ1) is 15.3. The van der Waals surface area contributed by atoms with Crippen molar-refractivity contribution in [1.82, 2.24) is 10.2 Å². The van der Waals surface area contributed by atoms with Gasteiger partial charge in [-0.2, -0.15) is 0 Å². The second-order valence-electron chi connectivity index (χ2n) is 5.74. The summed E-state index contributed by atoms with van der Waals surface area (Å²) in [4.78, 5) is 14.5. The molecule has 1 aliphatic heterocycles. The van der Waals surface area contributed by atoms with Gasteiger partial charge >= 0.3 is 0 Å². The van der Waals surface area contributed by atoms with Crippen LogP contribution in [-0.2, 0) is 11.3 Å². The quantitative estimate of drug-likeness (QED) is 0.925. The fourth-order valence-electron chi connectivity index (χ4n) is 2.52. The highest BCUT2D eigenvalue weighted by Crippen LogP contribution is 2.18.